The van der Waals surface area contributed by atoms with Gasteiger partial charge in [0, 0.05) is 24.1 Å². The Kier molecular flexibility index (Phi) is 4.75. The molecule has 0 aromatic heterocycles. The zero-order valence-electron chi connectivity index (χ0n) is 14.8. The Morgan fingerprint density at radius 3 is 2.38 bits per heavy atom. The van der Waals surface area contributed by atoms with Gasteiger partial charge in [-0.15, -0.1) is 0 Å². The topological polar surface area (TPSA) is 72.9 Å². The molecule has 1 aromatic carbocycles. The van der Waals surface area contributed by atoms with Crippen molar-refractivity contribution in [3.63, 3.8) is 0 Å². The number of hydrogen-bond donors (Lipinski definition) is 0. The average molecular weight is 353 g/mol. The lowest BCUT2D eigenvalue weighted by atomic mass is 9.88. The molecule has 1 unspecified atom stereocenters. The van der Waals surface area contributed by atoms with Crippen molar-refractivity contribution in [1.82, 2.24) is 4.90 Å². The first-order chi connectivity index (χ1) is 12.5. The van der Waals surface area contributed by atoms with Crippen LogP contribution in [0.1, 0.15) is 18.9 Å². The van der Waals surface area contributed by atoms with Gasteiger partial charge < -0.3 is 9.47 Å². The Hall–Kier alpha value is -3.15. The van der Waals surface area contributed by atoms with Gasteiger partial charge in [0.2, 0.25) is 5.91 Å². The van der Waals surface area contributed by atoms with E-state index in [-0.39, 0.29) is 5.92 Å². The van der Waals surface area contributed by atoms with Crippen LogP contribution in [0, 0.1) is 5.92 Å². The van der Waals surface area contributed by atoms with E-state index in [4.69, 9.17) is 9.47 Å². The summed E-state index contributed by atoms with van der Waals surface area (Å²) in [6.45, 7) is 1.32. The summed E-state index contributed by atoms with van der Waals surface area (Å²) in [5.41, 5.74) is 1.98. The van der Waals surface area contributed by atoms with Crippen LogP contribution in [0.5, 0.6) is 0 Å². The standard InChI is InChI=1S/C20H19NO5/c1-12(22)21-16-11-14(20(24)26-3)9-10-15(16)17(19(21)23)18(25-2)13-7-5-4-6-8-13/h4-9,11,15H,10H2,1-3H3. The second kappa shape index (κ2) is 7.00. The zero-order valence-corrected chi connectivity index (χ0v) is 14.8. The third-order valence-corrected chi connectivity index (χ3v) is 4.49. The van der Waals surface area contributed by atoms with Crippen LogP contribution in [0.4, 0.5) is 0 Å². The Bertz CT molecular complexity index is 863. The number of allylic oxidation sites excluding steroid dienone is 2. The van der Waals surface area contributed by atoms with Crippen LogP contribution in [-0.4, -0.2) is 36.9 Å². The van der Waals surface area contributed by atoms with Gasteiger partial charge in [0.25, 0.3) is 5.91 Å². The first-order valence-corrected chi connectivity index (χ1v) is 8.18. The van der Waals surface area contributed by atoms with Crippen molar-refractivity contribution in [2.45, 2.75) is 13.3 Å². The molecule has 0 bridgehead atoms. The average Bonchev–Trinajstić information content (AvgIpc) is 2.94. The third-order valence-electron chi connectivity index (χ3n) is 4.49. The van der Waals surface area contributed by atoms with E-state index in [0.29, 0.717) is 29.0 Å². The van der Waals surface area contributed by atoms with E-state index in [1.807, 2.05) is 30.3 Å². The molecule has 0 spiro atoms. The fourth-order valence-corrected chi connectivity index (χ4v) is 3.37. The van der Waals surface area contributed by atoms with Crippen molar-refractivity contribution in [3.05, 3.63) is 64.9 Å². The van der Waals surface area contributed by atoms with Crippen molar-refractivity contribution >= 4 is 23.5 Å². The van der Waals surface area contributed by atoms with Gasteiger partial charge in [0.05, 0.1) is 25.4 Å². The number of carbonyl (C=O) groups excluding carboxylic acids is 3. The maximum Gasteiger partial charge on any atom is 0.337 e. The van der Waals surface area contributed by atoms with Gasteiger partial charge >= 0.3 is 5.97 Å². The Labute approximate surface area is 151 Å². The van der Waals surface area contributed by atoms with E-state index in [2.05, 4.69) is 0 Å². The quantitative estimate of drug-likeness (QED) is 0.474. The summed E-state index contributed by atoms with van der Waals surface area (Å²) in [5.74, 6) is -1.25. The van der Waals surface area contributed by atoms with Gasteiger partial charge in [0.15, 0.2) is 0 Å². The van der Waals surface area contributed by atoms with Crippen molar-refractivity contribution in [2.75, 3.05) is 14.2 Å². The number of nitrogens with zero attached hydrogens (tertiary/aromatic N) is 1. The number of benzene rings is 1. The Morgan fingerprint density at radius 1 is 1.12 bits per heavy atom. The fourth-order valence-electron chi connectivity index (χ4n) is 3.37. The van der Waals surface area contributed by atoms with Gasteiger partial charge in [0.1, 0.15) is 5.76 Å². The summed E-state index contributed by atoms with van der Waals surface area (Å²) >= 11 is 0. The number of amides is 2. The maximum atomic E-state index is 13.0. The lowest BCUT2D eigenvalue weighted by molar-refractivity contribution is -0.138. The molecule has 2 aliphatic rings. The number of likely N-dealkylation sites (tertiary alicyclic amines) is 1. The van der Waals surface area contributed by atoms with E-state index in [1.165, 1.54) is 21.1 Å². The summed E-state index contributed by atoms with van der Waals surface area (Å²) < 4.78 is 10.3. The van der Waals surface area contributed by atoms with Gasteiger partial charge in [-0.1, -0.05) is 36.4 Å². The molecule has 6 heteroatoms. The van der Waals surface area contributed by atoms with E-state index in [0.717, 1.165) is 10.5 Å². The predicted molar refractivity (Wildman–Crippen MR) is 94.2 cm³/mol. The molecular weight excluding hydrogens is 334 g/mol. The largest absolute Gasteiger partial charge is 0.496 e. The van der Waals surface area contributed by atoms with E-state index in [1.54, 1.807) is 12.2 Å². The van der Waals surface area contributed by atoms with Crippen LogP contribution in [0.3, 0.4) is 0 Å². The molecule has 1 aliphatic heterocycles. The molecule has 0 radical (unpaired) electrons. The summed E-state index contributed by atoms with van der Waals surface area (Å²) in [4.78, 5) is 38.1. The van der Waals surface area contributed by atoms with Gasteiger partial charge in [-0.2, -0.15) is 0 Å². The minimum absolute atomic E-state index is 0.331. The van der Waals surface area contributed by atoms with Gasteiger partial charge in [-0.25, -0.2) is 4.79 Å². The summed E-state index contributed by atoms with van der Waals surface area (Å²) in [6, 6.07) is 9.26. The fraction of sp³-hybridized carbons (Fsp3) is 0.250. The summed E-state index contributed by atoms with van der Waals surface area (Å²) in [7, 11) is 2.79. The SMILES string of the molecule is COC(=O)C1=CCC2C(=C1)N(C(C)=O)C(=O)C2=C(OC)c1ccccc1. The minimum Gasteiger partial charge on any atom is -0.496 e. The number of fused-ring (bicyclic) bond motifs is 1. The Morgan fingerprint density at radius 2 is 1.81 bits per heavy atom. The molecule has 6 nitrogen and oxygen atoms in total. The number of hydrogen-bond acceptors (Lipinski definition) is 5. The molecule has 1 saturated heterocycles. The first-order valence-electron chi connectivity index (χ1n) is 8.18. The molecule has 0 saturated carbocycles. The molecule has 1 aliphatic carbocycles. The van der Waals surface area contributed by atoms with E-state index in [9.17, 15) is 14.4 Å². The minimum atomic E-state index is -0.501. The molecule has 2 amide bonds. The highest BCUT2D eigenvalue weighted by atomic mass is 16.5. The molecule has 1 atom stereocenters. The van der Waals surface area contributed by atoms with Crippen LogP contribution in [0.25, 0.3) is 5.76 Å². The number of ether oxygens (including phenoxy) is 2. The third kappa shape index (κ3) is 2.83. The summed E-state index contributed by atoms with van der Waals surface area (Å²) in [6.07, 6.45) is 3.67. The van der Waals surface area contributed by atoms with Crippen LogP contribution >= 0.6 is 0 Å². The maximum absolute atomic E-state index is 13.0. The molecule has 0 N–H and O–H groups in total. The van der Waals surface area contributed by atoms with Gasteiger partial charge in [-0.05, 0) is 12.5 Å². The number of imide groups is 1. The molecular formula is C20H19NO5. The first kappa shape index (κ1) is 17.7. The van der Waals surface area contributed by atoms with Crippen LogP contribution < -0.4 is 0 Å². The summed E-state index contributed by atoms with van der Waals surface area (Å²) in [5, 5.41) is 0. The predicted octanol–water partition coefficient (Wildman–Crippen LogP) is 2.44. The van der Waals surface area contributed by atoms with Gasteiger partial charge in [-0.3, -0.25) is 14.5 Å². The number of carbonyl (C=O) groups is 3. The monoisotopic (exact) mass is 353 g/mol. The van der Waals surface area contributed by atoms with Crippen molar-refractivity contribution < 1.29 is 23.9 Å². The lowest BCUT2D eigenvalue weighted by Crippen LogP contribution is -2.29. The van der Waals surface area contributed by atoms with E-state index < -0.39 is 17.8 Å². The highest BCUT2D eigenvalue weighted by molar-refractivity contribution is 6.13. The Balaban J connectivity index is 2.16. The van der Waals surface area contributed by atoms with Crippen molar-refractivity contribution in [3.8, 4) is 0 Å². The second-order valence-electron chi connectivity index (χ2n) is 5.98. The smallest absolute Gasteiger partial charge is 0.337 e. The molecule has 134 valence electrons. The van der Waals surface area contributed by atoms with Crippen molar-refractivity contribution in [2.24, 2.45) is 5.92 Å². The van der Waals surface area contributed by atoms with E-state index >= 15 is 0 Å². The number of esters is 1. The zero-order chi connectivity index (χ0) is 18.8. The molecule has 1 heterocycles. The van der Waals surface area contributed by atoms with Crippen LogP contribution in [0.2, 0.25) is 0 Å². The molecule has 1 fully saturated rings. The highest BCUT2D eigenvalue weighted by Gasteiger charge is 2.45. The van der Waals surface area contributed by atoms with Crippen molar-refractivity contribution in [1.29, 1.82) is 0 Å². The van der Waals surface area contributed by atoms with Crippen LogP contribution in [0.15, 0.2) is 59.3 Å². The number of rotatable bonds is 3. The van der Waals surface area contributed by atoms with Crippen LogP contribution in [-0.2, 0) is 23.9 Å². The molecule has 1 aromatic rings. The number of methoxy groups -OCH3 is 2. The normalized spacial score (nSPS) is 20.8. The molecule has 26 heavy (non-hydrogen) atoms. The second-order valence-corrected chi connectivity index (χ2v) is 5.98. The lowest BCUT2D eigenvalue weighted by Gasteiger charge is -2.20. The highest BCUT2D eigenvalue weighted by Crippen LogP contribution is 2.43. The molecule has 3 rings (SSSR count).